The van der Waals surface area contributed by atoms with Gasteiger partial charge in [0, 0.05) is 12.8 Å². The third kappa shape index (κ3) is 3.92. The first-order valence-electron chi connectivity index (χ1n) is 6.52. The van der Waals surface area contributed by atoms with Crippen LogP contribution in [0.15, 0.2) is 11.4 Å². The normalized spacial score (nSPS) is 13.9. The number of alkyl carbamates (subject to hydrolysis) is 1. The largest absolute Gasteiger partial charge is 0.453 e. The molecule has 5 amide bonds. The number of methoxy groups -OCH3 is 1. The molecule has 2 rings (SSSR count). The van der Waals surface area contributed by atoms with Gasteiger partial charge in [0.15, 0.2) is 0 Å². The zero-order valence-corrected chi connectivity index (χ0v) is 12.9. The molecule has 1 aliphatic heterocycles. The number of rotatable bonds is 4. The van der Waals surface area contributed by atoms with E-state index in [-0.39, 0.29) is 23.4 Å². The molecular weight excluding hydrogens is 326 g/mol. The summed E-state index contributed by atoms with van der Waals surface area (Å²) >= 11 is 1.07. The Morgan fingerprint density at radius 2 is 1.91 bits per heavy atom. The Hall–Kier alpha value is -2.75. The number of anilines is 1. The number of amides is 5. The summed E-state index contributed by atoms with van der Waals surface area (Å²) < 4.78 is 4.32. The lowest BCUT2D eigenvalue weighted by molar-refractivity contribution is -0.141. The molecule has 10 heteroatoms. The summed E-state index contributed by atoms with van der Waals surface area (Å²) in [5, 5.41) is 6.17. The van der Waals surface area contributed by atoms with E-state index in [2.05, 4.69) is 10.1 Å². The molecule has 0 spiro atoms. The average Bonchev–Trinajstić information content (AvgIpc) is 3.08. The maximum absolute atomic E-state index is 11.9. The highest BCUT2D eigenvalue weighted by Gasteiger charge is 2.30. The van der Waals surface area contributed by atoms with Gasteiger partial charge in [-0.3, -0.25) is 29.4 Å². The molecule has 1 saturated heterocycles. The highest BCUT2D eigenvalue weighted by atomic mass is 32.1. The summed E-state index contributed by atoms with van der Waals surface area (Å²) in [6.45, 7) is -0.409. The minimum absolute atomic E-state index is 0.0767. The van der Waals surface area contributed by atoms with Crippen molar-refractivity contribution in [3.05, 3.63) is 17.0 Å². The molecule has 0 aliphatic carbocycles. The predicted molar refractivity (Wildman–Crippen MR) is 78.8 cm³/mol. The number of nitrogens with zero attached hydrogens (tertiary/aromatic N) is 1. The average molecular weight is 339 g/mol. The number of imide groups is 2. The first-order valence-corrected chi connectivity index (χ1v) is 7.40. The molecule has 1 fully saturated rings. The van der Waals surface area contributed by atoms with Gasteiger partial charge in [0.25, 0.3) is 5.91 Å². The standard InChI is InChI=1S/C13H13N3O6S/c1-22-13(21)15-11(20)7-4-5-23-12(7)14-8(17)6-16-9(18)2-3-10(16)19/h4-5H,2-3,6H2,1H3,(H,14,17)(H,15,20,21). The molecule has 0 unspecified atom stereocenters. The van der Waals surface area contributed by atoms with E-state index in [1.165, 1.54) is 6.07 Å². The van der Waals surface area contributed by atoms with Crippen LogP contribution in [0.5, 0.6) is 0 Å². The van der Waals surface area contributed by atoms with Gasteiger partial charge in [-0.25, -0.2) is 4.79 Å². The minimum Gasteiger partial charge on any atom is -0.453 e. The Labute approximate surface area is 134 Å². The summed E-state index contributed by atoms with van der Waals surface area (Å²) in [5.74, 6) is -2.15. The lowest BCUT2D eigenvalue weighted by Crippen LogP contribution is -2.37. The lowest BCUT2D eigenvalue weighted by atomic mass is 10.3. The van der Waals surface area contributed by atoms with Gasteiger partial charge in [0.2, 0.25) is 17.7 Å². The van der Waals surface area contributed by atoms with Crippen molar-refractivity contribution in [1.82, 2.24) is 10.2 Å². The van der Waals surface area contributed by atoms with Crippen LogP contribution in [0.3, 0.4) is 0 Å². The van der Waals surface area contributed by atoms with Gasteiger partial charge in [0.05, 0.1) is 12.7 Å². The molecule has 9 nitrogen and oxygen atoms in total. The smallest absolute Gasteiger partial charge is 0.413 e. The third-order valence-electron chi connectivity index (χ3n) is 3.02. The fraction of sp³-hybridized carbons (Fsp3) is 0.308. The minimum atomic E-state index is -0.924. The zero-order chi connectivity index (χ0) is 17.0. The van der Waals surface area contributed by atoms with Gasteiger partial charge >= 0.3 is 6.09 Å². The summed E-state index contributed by atoms with van der Waals surface area (Å²) in [6.07, 6.45) is -0.734. The van der Waals surface area contributed by atoms with Crippen LogP contribution in [0, 0.1) is 0 Å². The van der Waals surface area contributed by atoms with Crippen LogP contribution in [0.4, 0.5) is 9.80 Å². The number of carbonyl (C=O) groups is 5. The van der Waals surface area contributed by atoms with E-state index in [0.717, 1.165) is 23.3 Å². The van der Waals surface area contributed by atoms with E-state index in [4.69, 9.17) is 0 Å². The number of thiophene rings is 1. The Balaban J connectivity index is 2.01. The van der Waals surface area contributed by atoms with Gasteiger partial charge in [-0.15, -0.1) is 11.3 Å². The second-order valence-corrected chi connectivity index (χ2v) is 5.45. The Bertz CT molecular complexity index is 667. The first-order chi connectivity index (χ1) is 10.9. The van der Waals surface area contributed by atoms with Crippen molar-refractivity contribution in [2.75, 3.05) is 19.0 Å². The van der Waals surface area contributed by atoms with Gasteiger partial charge in [-0.1, -0.05) is 0 Å². The van der Waals surface area contributed by atoms with Gasteiger partial charge in [0.1, 0.15) is 11.5 Å². The van der Waals surface area contributed by atoms with E-state index in [1.807, 2.05) is 5.32 Å². The number of nitrogens with one attached hydrogen (secondary N) is 2. The molecule has 2 heterocycles. The van der Waals surface area contributed by atoms with Crippen LogP contribution in [0.2, 0.25) is 0 Å². The van der Waals surface area contributed by atoms with E-state index in [1.54, 1.807) is 5.38 Å². The number of likely N-dealkylation sites (tertiary alicyclic amines) is 1. The Morgan fingerprint density at radius 3 is 2.52 bits per heavy atom. The molecule has 23 heavy (non-hydrogen) atoms. The second-order valence-electron chi connectivity index (χ2n) is 4.53. The van der Waals surface area contributed by atoms with Crippen molar-refractivity contribution in [1.29, 1.82) is 0 Å². The predicted octanol–water partition coefficient (Wildman–Crippen LogP) is 0.332. The highest BCUT2D eigenvalue weighted by molar-refractivity contribution is 7.14. The van der Waals surface area contributed by atoms with Crippen LogP contribution in [0.25, 0.3) is 0 Å². The van der Waals surface area contributed by atoms with Crippen LogP contribution >= 0.6 is 11.3 Å². The van der Waals surface area contributed by atoms with Gasteiger partial charge < -0.3 is 10.1 Å². The van der Waals surface area contributed by atoms with Crippen molar-refractivity contribution < 1.29 is 28.7 Å². The summed E-state index contributed by atoms with van der Waals surface area (Å²) in [4.78, 5) is 58.6. The number of ether oxygens (including phenoxy) is 1. The Kier molecular flexibility index (Phi) is 5.06. The fourth-order valence-electron chi connectivity index (χ4n) is 1.90. The molecule has 0 atom stereocenters. The maximum Gasteiger partial charge on any atom is 0.413 e. The molecule has 0 bridgehead atoms. The highest BCUT2D eigenvalue weighted by Crippen LogP contribution is 2.23. The topological polar surface area (TPSA) is 122 Å². The lowest BCUT2D eigenvalue weighted by Gasteiger charge is -2.13. The molecule has 1 aliphatic rings. The van der Waals surface area contributed by atoms with Crippen LogP contribution in [0.1, 0.15) is 23.2 Å². The van der Waals surface area contributed by atoms with Crippen LogP contribution in [-0.4, -0.2) is 48.3 Å². The van der Waals surface area contributed by atoms with Crippen molar-refractivity contribution in [3.8, 4) is 0 Å². The number of hydrogen-bond donors (Lipinski definition) is 2. The molecule has 0 aromatic carbocycles. The second kappa shape index (κ2) is 7.01. The summed E-state index contributed by atoms with van der Waals surface area (Å²) in [7, 11) is 1.11. The van der Waals surface area contributed by atoms with E-state index < -0.39 is 36.3 Å². The van der Waals surface area contributed by atoms with Crippen molar-refractivity contribution in [2.24, 2.45) is 0 Å². The molecule has 122 valence electrons. The monoisotopic (exact) mass is 339 g/mol. The molecule has 1 aromatic heterocycles. The number of hydrogen-bond acceptors (Lipinski definition) is 7. The van der Waals surface area contributed by atoms with E-state index in [9.17, 15) is 24.0 Å². The third-order valence-corrected chi connectivity index (χ3v) is 3.85. The van der Waals surface area contributed by atoms with Crippen molar-refractivity contribution >= 4 is 46.1 Å². The summed E-state index contributed by atoms with van der Waals surface area (Å²) in [5.41, 5.74) is 0.0767. The number of carbonyl (C=O) groups excluding carboxylic acids is 5. The first kappa shape index (κ1) is 16.6. The van der Waals surface area contributed by atoms with E-state index in [0.29, 0.717) is 0 Å². The van der Waals surface area contributed by atoms with E-state index >= 15 is 0 Å². The van der Waals surface area contributed by atoms with Crippen molar-refractivity contribution in [2.45, 2.75) is 12.8 Å². The summed E-state index contributed by atoms with van der Waals surface area (Å²) in [6, 6.07) is 1.42. The SMILES string of the molecule is COC(=O)NC(=O)c1ccsc1NC(=O)CN1C(=O)CCC1=O. The Morgan fingerprint density at radius 1 is 1.26 bits per heavy atom. The molecule has 2 N–H and O–H groups in total. The maximum atomic E-state index is 11.9. The van der Waals surface area contributed by atoms with Gasteiger partial charge in [-0.2, -0.15) is 0 Å². The fourth-order valence-corrected chi connectivity index (χ4v) is 2.71. The zero-order valence-electron chi connectivity index (χ0n) is 12.1. The molecule has 1 aromatic rings. The van der Waals surface area contributed by atoms with Crippen LogP contribution < -0.4 is 10.6 Å². The van der Waals surface area contributed by atoms with Crippen molar-refractivity contribution in [3.63, 3.8) is 0 Å². The quantitative estimate of drug-likeness (QED) is 0.763. The van der Waals surface area contributed by atoms with Gasteiger partial charge in [-0.05, 0) is 11.4 Å². The molecular formula is C13H13N3O6S. The molecule has 0 radical (unpaired) electrons. The molecule has 0 saturated carbocycles. The van der Waals surface area contributed by atoms with Crippen LogP contribution in [-0.2, 0) is 19.1 Å².